The van der Waals surface area contributed by atoms with Crippen LogP contribution in [-0.2, 0) is 14.2 Å². The average Bonchev–Trinajstić information content (AvgIpc) is 2.79. The minimum Gasteiger partial charge on any atom is -0.379 e. The fourth-order valence-corrected chi connectivity index (χ4v) is 6.92. The molecule has 3 heteroatoms. The molecule has 4 saturated carbocycles. The first-order valence-corrected chi connectivity index (χ1v) is 13.6. The molecule has 0 spiro atoms. The van der Waals surface area contributed by atoms with Crippen LogP contribution in [0.3, 0.4) is 0 Å². The predicted molar refractivity (Wildman–Crippen MR) is 123 cm³/mol. The first-order valence-electron chi connectivity index (χ1n) is 13.6. The van der Waals surface area contributed by atoms with Gasteiger partial charge < -0.3 is 14.2 Å². The summed E-state index contributed by atoms with van der Waals surface area (Å²) in [7, 11) is 0. The van der Waals surface area contributed by atoms with Gasteiger partial charge in [-0.15, -0.1) is 0 Å². The Kier molecular flexibility index (Phi) is 9.38. The van der Waals surface area contributed by atoms with Gasteiger partial charge in [0, 0.05) is 13.2 Å². The Hall–Kier alpha value is -0.120. The molecule has 4 aliphatic rings. The molecule has 0 bridgehead atoms. The highest BCUT2D eigenvalue weighted by Gasteiger charge is 2.41. The maximum atomic E-state index is 6.58. The molecule has 0 N–H and O–H groups in total. The quantitative estimate of drug-likeness (QED) is 0.385. The van der Waals surface area contributed by atoms with Crippen LogP contribution in [0.2, 0.25) is 0 Å². The van der Waals surface area contributed by atoms with E-state index in [1.54, 1.807) is 0 Å². The zero-order valence-corrected chi connectivity index (χ0v) is 19.7. The number of hydrogen-bond donors (Lipinski definition) is 0. The summed E-state index contributed by atoms with van der Waals surface area (Å²) in [5.74, 6) is 4.02. The summed E-state index contributed by atoms with van der Waals surface area (Å²) in [6.07, 6.45) is 21.4. The van der Waals surface area contributed by atoms with E-state index in [0.29, 0.717) is 12.2 Å². The third kappa shape index (κ3) is 6.69. The van der Waals surface area contributed by atoms with Crippen molar-refractivity contribution in [2.24, 2.45) is 29.6 Å². The van der Waals surface area contributed by atoms with Gasteiger partial charge in [0.15, 0.2) is 0 Å². The third-order valence-electron chi connectivity index (χ3n) is 8.88. The van der Waals surface area contributed by atoms with E-state index in [2.05, 4.69) is 6.92 Å². The van der Waals surface area contributed by atoms with E-state index >= 15 is 0 Å². The van der Waals surface area contributed by atoms with Crippen molar-refractivity contribution < 1.29 is 14.2 Å². The van der Waals surface area contributed by atoms with Crippen LogP contribution in [0.5, 0.6) is 0 Å². The molecule has 0 heterocycles. The van der Waals surface area contributed by atoms with Gasteiger partial charge in [-0.05, 0) is 81.0 Å². The smallest absolute Gasteiger partial charge is 0.0704 e. The van der Waals surface area contributed by atoms with Crippen molar-refractivity contribution in [3.63, 3.8) is 0 Å². The number of hydrogen-bond acceptors (Lipinski definition) is 3. The second-order valence-electron chi connectivity index (χ2n) is 11.2. The molecule has 4 fully saturated rings. The second kappa shape index (κ2) is 12.2. The maximum absolute atomic E-state index is 6.58. The largest absolute Gasteiger partial charge is 0.379 e. The van der Waals surface area contributed by atoms with Crippen molar-refractivity contribution in [1.82, 2.24) is 0 Å². The van der Waals surface area contributed by atoms with Crippen LogP contribution in [0, 0.1) is 29.6 Å². The highest BCUT2D eigenvalue weighted by Crippen LogP contribution is 2.43. The molecule has 4 atom stereocenters. The van der Waals surface area contributed by atoms with Gasteiger partial charge in [0.05, 0.1) is 25.4 Å². The SMILES string of the molecule is CC1CCC(COCCOC2CCCC3C(OCC4CCCCC4)CCCC23)CC1. The zero-order valence-electron chi connectivity index (χ0n) is 19.7. The third-order valence-corrected chi connectivity index (χ3v) is 8.88. The fourth-order valence-electron chi connectivity index (χ4n) is 6.92. The molecule has 3 nitrogen and oxygen atoms in total. The van der Waals surface area contributed by atoms with E-state index in [0.717, 1.165) is 56.0 Å². The fraction of sp³-hybridized carbons (Fsp3) is 1.00. The normalized spacial score (nSPS) is 38.3. The molecule has 4 unspecified atom stereocenters. The zero-order chi connectivity index (χ0) is 20.6. The molecule has 0 aromatic carbocycles. The first kappa shape index (κ1) is 23.1. The van der Waals surface area contributed by atoms with E-state index in [1.807, 2.05) is 0 Å². The maximum Gasteiger partial charge on any atom is 0.0704 e. The first-order chi connectivity index (χ1) is 14.8. The van der Waals surface area contributed by atoms with E-state index < -0.39 is 0 Å². The lowest BCUT2D eigenvalue weighted by molar-refractivity contribution is -0.117. The van der Waals surface area contributed by atoms with Crippen molar-refractivity contribution >= 4 is 0 Å². The van der Waals surface area contributed by atoms with Gasteiger partial charge in [0.25, 0.3) is 0 Å². The molecule has 0 aliphatic heterocycles. The Morgan fingerprint density at radius 2 is 1.17 bits per heavy atom. The van der Waals surface area contributed by atoms with Gasteiger partial charge in [-0.25, -0.2) is 0 Å². The molecule has 0 radical (unpaired) electrons. The second-order valence-corrected chi connectivity index (χ2v) is 11.2. The highest BCUT2D eigenvalue weighted by molar-refractivity contribution is 4.91. The van der Waals surface area contributed by atoms with Gasteiger partial charge in [0.1, 0.15) is 0 Å². The van der Waals surface area contributed by atoms with E-state index in [1.165, 1.54) is 96.3 Å². The van der Waals surface area contributed by atoms with Crippen molar-refractivity contribution in [2.45, 2.75) is 115 Å². The van der Waals surface area contributed by atoms with Gasteiger partial charge in [-0.1, -0.05) is 51.9 Å². The molecule has 0 aromatic heterocycles. The predicted octanol–water partition coefficient (Wildman–Crippen LogP) is 6.78. The molecule has 0 aromatic rings. The summed E-state index contributed by atoms with van der Waals surface area (Å²) in [6.45, 7) is 5.92. The molecule has 30 heavy (non-hydrogen) atoms. The van der Waals surface area contributed by atoms with Gasteiger partial charge in [-0.3, -0.25) is 0 Å². The van der Waals surface area contributed by atoms with Crippen LogP contribution in [0.1, 0.15) is 103 Å². The Balaban J connectivity index is 1.15. The van der Waals surface area contributed by atoms with Crippen LogP contribution in [0.25, 0.3) is 0 Å². The summed E-state index contributed by atoms with van der Waals surface area (Å²) in [6, 6.07) is 0. The number of rotatable bonds is 9. The lowest BCUT2D eigenvalue weighted by Crippen LogP contribution is -2.44. The summed E-state index contributed by atoms with van der Waals surface area (Å²) in [5.41, 5.74) is 0. The van der Waals surface area contributed by atoms with Crippen LogP contribution in [-0.4, -0.2) is 38.6 Å². The van der Waals surface area contributed by atoms with Crippen molar-refractivity contribution in [3.8, 4) is 0 Å². The summed E-state index contributed by atoms with van der Waals surface area (Å²) in [4.78, 5) is 0. The molecule has 0 saturated heterocycles. The molecule has 4 rings (SSSR count). The lowest BCUT2D eigenvalue weighted by atomic mass is 9.68. The minimum atomic E-state index is 0.448. The lowest BCUT2D eigenvalue weighted by Gasteiger charge is -2.45. The Morgan fingerprint density at radius 1 is 0.533 bits per heavy atom. The van der Waals surface area contributed by atoms with Crippen LogP contribution >= 0.6 is 0 Å². The molecule has 0 amide bonds. The molecular formula is C27H48O3. The summed E-state index contributed by atoms with van der Waals surface area (Å²) < 4.78 is 19.0. The van der Waals surface area contributed by atoms with Crippen molar-refractivity contribution in [2.75, 3.05) is 26.4 Å². The van der Waals surface area contributed by atoms with Gasteiger partial charge in [-0.2, -0.15) is 0 Å². The Bertz CT molecular complexity index is 467. The van der Waals surface area contributed by atoms with E-state index in [4.69, 9.17) is 14.2 Å². The van der Waals surface area contributed by atoms with E-state index in [-0.39, 0.29) is 0 Å². The summed E-state index contributed by atoms with van der Waals surface area (Å²) in [5, 5.41) is 0. The van der Waals surface area contributed by atoms with Gasteiger partial charge >= 0.3 is 0 Å². The Morgan fingerprint density at radius 3 is 1.87 bits per heavy atom. The minimum absolute atomic E-state index is 0.448. The highest BCUT2D eigenvalue weighted by atomic mass is 16.5. The van der Waals surface area contributed by atoms with Crippen LogP contribution in [0.15, 0.2) is 0 Å². The van der Waals surface area contributed by atoms with Crippen LogP contribution in [0.4, 0.5) is 0 Å². The molecule has 4 aliphatic carbocycles. The van der Waals surface area contributed by atoms with Gasteiger partial charge in [0.2, 0.25) is 0 Å². The van der Waals surface area contributed by atoms with Crippen molar-refractivity contribution in [3.05, 3.63) is 0 Å². The number of fused-ring (bicyclic) bond motifs is 1. The molecular weight excluding hydrogens is 372 g/mol. The monoisotopic (exact) mass is 420 g/mol. The van der Waals surface area contributed by atoms with E-state index in [9.17, 15) is 0 Å². The van der Waals surface area contributed by atoms with Crippen LogP contribution < -0.4 is 0 Å². The number of ether oxygens (including phenoxy) is 3. The average molecular weight is 421 g/mol. The summed E-state index contributed by atoms with van der Waals surface area (Å²) >= 11 is 0. The standard InChI is InChI=1S/C27H48O3/c1-21-13-15-23(16-14-21)19-28-17-18-29-26-11-5-10-25-24(26)9-6-12-27(25)30-20-22-7-3-2-4-8-22/h21-27H,2-20H2,1H3. The Labute approximate surface area is 186 Å². The molecule has 174 valence electrons. The topological polar surface area (TPSA) is 27.7 Å². The van der Waals surface area contributed by atoms with Crippen molar-refractivity contribution in [1.29, 1.82) is 0 Å².